The zero-order valence-corrected chi connectivity index (χ0v) is 12.2. The molecule has 1 fully saturated rings. The van der Waals surface area contributed by atoms with Gasteiger partial charge in [-0.2, -0.15) is 0 Å². The number of anilines is 2. The quantitative estimate of drug-likeness (QED) is 0.734. The number of nitrogens with two attached hydrogens (primary N) is 1. The SMILES string of the molecule is CC(O)C1CCN(CC(=O)Nc2ccc(F)cc2N)CC1. The Morgan fingerprint density at radius 2 is 2.19 bits per heavy atom. The Morgan fingerprint density at radius 3 is 2.76 bits per heavy atom. The van der Waals surface area contributed by atoms with Gasteiger partial charge >= 0.3 is 0 Å². The first-order valence-electron chi connectivity index (χ1n) is 7.21. The smallest absolute Gasteiger partial charge is 0.238 e. The third-order valence-electron chi connectivity index (χ3n) is 3.97. The fraction of sp³-hybridized carbons (Fsp3) is 0.533. The fourth-order valence-electron chi connectivity index (χ4n) is 2.63. The molecule has 1 heterocycles. The van der Waals surface area contributed by atoms with Gasteiger partial charge in [0.25, 0.3) is 0 Å². The Hall–Kier alpha value is -1.66. The molecule has 0 aliphatic carbocycles. The summed E-state index contributed by atoms with van der Waals surface area (Å²) >= 11 is 0. The van der Waals surface area contributed by atoms with E-state index in [2.05, 4.69) is 5.32 Å². The molecule has 1 aromatic rings. The molecule has 1 aromatic carbocycles. The molecule has 1 unspecified atom stereocenters. The predicted octanol–water partition coefficient (Wildman–Crippen LogP) is 1.44. The third kappa shape index (κ3) is 4.41. The van der Waals surface area contributed by atoms with Crippen molar-refractivity contribution in [2.75, 3.05) is 30.7 Å². The van der Waals surface area contributed by atoms with Crippen molar-refractivity contribution in [1.29, 1.82) is 0 Å². The first-order valence-corrected chi connectivity index (χ1v) is 7.21. The Labute approximate surface area is 123 Å². The van der Waals surface area contributed by atoms with Crippen LogP contribution in [0.2, 0.25) is 0 Å². The van der Waals surface area contributed by atoms with Crippen molar-refractivity contribution in [1.82, 2.24) is 4.90 Å². The van der Waals surface area contributed by atoms with Crippen molar-refractivity contribution in [2.45, 2.75) is 25.9 Å². The number of halogens is 1. The molecule has 0 bridgehead atoms. The van der Waals surface area contributed by atoms with Crippen LogP contribution in [0.15, 0.2) is 18.2 Å². The van der Waals surface area contributed by atoms with Gasteiger partial charge < -0.3 is 16.2 Å². The van der Waals surface area contributed by atoms with Crippen LogP contribution in [0.5, 0.6) is 0 Å². The lowest BCUT2D eigenvalue weighted by Gasteiger charge is -2.32. The number of nitrogens with zero attached hydrogens (tertiary/aromatic N) is 1. The molecule has 116 valence electrons. The maximum Gasteiger partial charge on any atom is 0.238 e. The monoisotopic (exact) mass is 295 g/mol. The lowest BCUT2D eigenvalue weighted by Crippen LogP contribution is -2.41. The first-order chi connectivity index (χ1) is 9.95. The van der Waals surface area contributed by atoms with E-state index in [1.807, 2.05) is 11.8 Å². The Kier molecular flexibility index (Phi) is 5.14. The van der Waals surface area contributed by atoms with E-state index in [0.717, 1.165) is 25.9 Å². The summed E-state index contributed by atoms with van der Waals surface area (Å²) in [7, 11) is 0. The number of rotatable bonds is 4. The Balaban J connectivity index is 1.83. The summed E-state index contributed by atoms with van der Waals surface area (Å²) in [6.07, 6.45) is 1.49. The highest BCUT2D eigenvalue weighted by Crippen LogP contribution is 2.21. The molecule has 0 saturated carbocycles. The van der Waals surface area contributed by atoms with E-state index in [1.54, 1.807) is 0 Å². The Morgan fingerprint density at radius 1 is 1.52 bits per heavy atom. The lowest BCUT2D eigenvalue weighted by molar-refractivity contribution is -0.117. The van der Waals surface area contributed by atoms with E-state index >= 15 is 0 Å². The summed E-state index contributed by atoms with van der Waals surface area (Å²) in [5.41, 5.74) is 6.31. The van der Waals surface area contributed by atoms with Crippen LogP contribution in [-0.4, -0.2) is 41.7 Å². The van der Waals surface area contributed by atoms with Gasteiger partial charge in [-0.1, -0.05) is 0 Å². The molecule has 1 aliphatic rings. The largest absolute Gasteiger partial charge is 0.397 e. The van der Waals surface area contributed by atoms with Crippen LogP contribution in [0.4, 0.5) is 15.8 Å². The number of piperidine rings is 1. The molecule has 1 atom stereocenters. The van der Waals surface area contributed by atoms with E-state index in [-0.39, 0.29) is 24.2 Å². The number of nitrogen functional groups attached to an aromatic ring is 1. The van der Waals surface area contributed by atoms with Gasteiger partial charge in [0.15, 0.2) is 0 Å². The minimum atomic E-state index is -0.425. The zero-order valence-electron chi connectivity index (χ0n) is 12.2. The molecular formula is C15H22FN3O2. The fourth-order valence-corrected chi connectivity index (χ4v) is 2.63. The van der Waals surface area contributed by atoms with Gasteiger partial charge in [0.2, 0.25) is 5.91 Å². The number of likely N-dealkylation sites (tertiary alicyclic amines) is 1. The van der Waals surface area contributed by atoms with Gasteiger partial charge in [-0.3, -0.25) is 9.69 Å². The number of carbonyl (C=O) groups is 1. The normalized spacial score (nSPS) is 18.4. The summed E-state index contributed by atoms with van der Waals surface area (Å²) in [5.74, 6) is -0.272. The van der Waals surface area contributed by atoms with Crippen LogP contribution < -0.4 is 11.1 Å². The second-order valence-electron chi connectivity index (χ2n) is 5.63. The average Bonchev–Trinajstić information content (AvgIpc) is 2.42. The van der Waals surface area contributed by atoms with Crippen molar-refractivity contribution in [3.63, 3.8) is 0 Å². The molecule has 0 spiro atoms. The van der Waals surface area contributed by atoms with Crippen molar-refractivity contribution in [3.05, 3.63) is 24.0 Å². The number of nitrogens with one attached hydrogen (secondary N) is 1. The molecule has 1 saturated heterocycles. The second kappa shape index (κ2) is 6.87. The van der Waals surface area contributed by atoms with E-state index < -0.39 is 5.82 Å². The third-order valence-corrected chi connectivity index (χ3v) is 3.97. The Bertz CT molecular complexity index is 500. The van der Waals surface area contributed by atoms with Crippen LogP contribution in [-0.2, 0) is 4.79 Å². The number of hydrogen-bond donors (Lipinski definition) is 3. The first kappa shape index (κ1) is 15.7. The molecule has 0 radical (unpaired) electrons. The summed E-state index contributed by atoms with van der Waals surface area (Å²) in [5, 5.41) is 12.2. The highest BCUT2D eigenvalue weighted by Gasteiger charge is 2.23. The minimum absolute atomic E-state index is 0.163. The molecule has 0 aromatic heterocycles. The van der Waals surface area contributed by atoms with Gasteiger partial charge in [-0.15, -0.1) is 0 Å². The highest BCUT2D eigenvalue weighted by atomic mass is 19.1. The maximum absolute atomic E-state index is 12.9. The highest BCUT2D eigenvalue weighted by molar-refractivity contribution is 5.95. The number of aliphatic hydroxyl groups is 1. The standard InChI is InChI=1S/C15H22FN3O2/c1-10(20)11-4-6-19(7-5-11)9-15(21)18-14-3-2-12(16)8-13(14)17/h2-3,8,10-11,20H,4-7,9,17H2,1H3,(H,18,21). The van der Waals surface area contributed by atoms with Gasteiger partial charge in [-0.05, 0) is 57.0 Å². The summed E-state index contributed by atoms with van der Waals surface area (Å²) in [4.78, 5) is 14.0. The zero-order chi connectivity index (χ0) is 15.4. The number of hydrogen-bond acceptors (Lipinski definition) is 4. The minimum Gasteiger partial charge on any atom is -0.397 e. The number of aliphatic hydroxyl groups excluding tert-OH is 1. The molecule has 21 heavy (non-hydrogen) atoms. The molecule has 1 aliphatic heterocycles. The van der Waals surface area contributed by atoms with Gasteiger partial charge in [-0.25, -0.2) is 4.39 Å². The van der Waals surface area contributed by atoms with Gasteiger partial charge in [0, 0.05) is 0 Å². The number of carbonyl (C=O) groups excluding carboxylic acids is 1. The second-order valence-corrected chi connectivity index (χ2v) is 5.63. The predicted molar refractivity (Wildman–Crippen MR) is 80.3 cm³/mol. The molecule has 2 rings (SSSR count). The summed E-state index contributed by atoms with van der Waals surface area (Å²) in [6, 6.07) is 3.91. The van der Waals surface area contributed by atoms with Crippen LogP contribution >= 0.6 is 0 Å². The average molecular weight is 295 g/mol. The van der Waals surface area contributed by atoms with Crippen LogP contribution in [0, 0.1) is 11.7 Å². The molecule has 1 amide bonds. The van der Waals surface area contributed by atoms with E-state index in [0.29, 0.717) is 11.6 Å². The lowest BCUT2D eigenvalue weighted by atomic mass is 9.92. The molecule has 4 N–H and O–H groups in total. The summed E-state index contributed by atoms with van der Waals surface area (Å²) < 4.78 is 12.9. The van der Waals surface area contributed by atoms with Crippen molar-refractivity contribution in [3.8, 4) is 0 Å². The molecular weight excluding hydrogens is 273 g/mol. The van der Waals surface area contributed by atoms with Gasteiger partial charge in [0.05, 0.1) is 24.0 Å². The maximum atomic E-state index is 12.9. The number of benzene rings is 1. The van der Waals surface area contributed by atoms with E-state index in [9.17, 15) is 14.3 Å². The van der Waals surface area contributed by atoms with Crippen molar-refractivity contribution in [2.24, 2.45) is 5.92 Å². The van der Waals surface area contributed by atoms with Crippen LogP contribution in [0.1, 0.15) is 19.8 Å². The van der Waals surface area contributed by atoms with Gasteiger partial charge in [0.1, 0.15) is 5.82 Å². The summed E-state index contributed by atoms with van der Waals surface area (Å²) in [6.45, 7) is 3.68. The van der Waals surface area contributed by atoms with E-state index in [4.69, 9.17) is 5.73 Å². The van der Waals surface area contributed by atoms with Crippen LogP contribution in [0.25, 0.3) is 0 Å². The topological polar surface area (TPSA) is 78.6 Å². The molecule has 5 nitrogen and oxygen atoms in total. The molecule has 6 heteroatoms. The van der Waals surface area contributed by atoms with Crippen LogP contribution in [0.3, 0.4) is 0 Å². The van der Waals surface area contributed by atoms with Crippen molar-refractivity contribution >= 4 is 17.3 Å². The number of amides is 1. The van der Waals surface area contributed by atoms with E-state index in [1.165, 1.54) is 18.2 Å². The van der Waals surface area contributed by atoms with Crippen molar-refractivity contribution < 1.29 is 14.3 Å².